The highest BCUT2D eigenvalue weighted by molar-refractivity contribution is 6.35. The zero-order valence-electron chi connectivity index (χ0n) is 13.9. The number of methoxy groups -OCH3 is 1. The number of hydrogen-bond acceptors (Lipinski definition) is 3. The van der Waals surface area contributed by atoms with Gasteiger partial charge in [-0.25, -0.2) is 0 Å². The fourth-order valence-corrected chi connectivity index (χ4v) is 2.84. The van der Waals surface area contributed by atoms with Crippen LogP contribution in [-0.2, 0) is 13.0 Å². The number of aryl methyl sites for hydroxylation is 1. The summed E-state index contributed by atoms with van der Waals surface area (Å²) in [5, 5.41) is 1.59. The maximum Gasteiger partial charge on any atom is 0.131 e. The zero-order chi connectivity index (χ0) is 16.9. The van der Waals surface area contributed by atoms with Crippen LogP contribution in [-0.4, -0.2) is 12.1 Å². The molecule has 0 radical (unpaired) electrons. The second-order valence-electron chi connectivity index (χ2n) is 5.63. The molecular weight excluding hydrogens is 322 g/mol. The normalized spacial score (nSPS) is 10.8. The van der Waals surface area contributed by atoms with E-state index in [1.807, 2.05) is 48.5 Å². The van der Waals surface area contributed by atoms with Gasteiger partial charge in [-0.05, 0) is 36.2 Å². The summed E-state index contributed by atoms with van der Waals surface area (Å²) >= 11 is 6.32. The zero-order valence-corrected chi connectivity index (χ0v) is 14.6. The lowest BCUT2D eigenvalue weighted by atomic mass is 10.1. The average Bonchev–Trinajstić information content (AvgIpc) is 2.61. The molecule has 24 heavy (non-hydrogen) atoms. The van der Waals surface area contributed by atoms with Gasteiger partial charge in [0, 0.05) is 17.1 Å². The number of benzene rings is 2. The molecule has 3 aromatic rings. The molecule has 4 heteroatoms. The van der Waals surface area contributed by atoms with Crippen LogP contribution in [0.5, 0.6) is 11.5 Å². The first-order valence-corrected chi connectivity index (χ1v) is 8.43. The predicted octanol–water partition coefficient (Wildman–Crippen LogP) is 5.43. The van der Waals surface area contributed by atoms with Gasteiger partial charge in [0.05, 0.1) is 17.6 Å². The predicted molar refractivity (Wildman–Crippen MR) is 98.1 cm³/mol. The van der Waals surface area contributed by atoms with E-state index in [-0.39, 0.29) is 0 Å². The molecule has 0 spiro atoms. The average molecular weight is 342 g/mol. The van der Waals surface area contributed by atoms with Crippen molar-refractivity contribution < 1.29 is 9.47 Å². The maximum atomic E-state index is 6.32. The van der Waals surface area contributed by atoms with Gasteiger partial charge in [-0.3, -0.25) is 4.98 Å². The van der Waals surface area contributed by atoms with Crippen LogP contribution in [0.1, 0.15) is 24.6 Å². The molecular formula is C20H20ClNO2. The van der Waals surface area contributed by atoms with Gasteiger partial charge in [-0.2, -0.15) is 0 Å². The molecule has 0 fully saturated rings. The third-order valence-electron chi connectivity index (χ3n) is 3.86. The molecule has 3 rings (SSSR count). The lowest BCUT2D eigenvalue weighted by Crippen LogP contribution is -1.99. The van der Waals surface area contributed by atoms with Crippen LogP contribution >= 0.6 is 11.6 Å². The van der Waals surface area contributed by atoms with E-state index >= 15 is 0 Å². The topological polar surface area (TPSA) is 31.4 Å². The highest BCUT2D eigenvalue weighted by Gasteiger charge is 2.10. The summed E-state index contributed by atoms with van der Waals surface area (Å²) in [6.07, 6.45) is 1.93. The number of hydrogen-bond donors (Lipinski definition) is 0. The van der Waals surface area contributed by atoms with Crippen LogP contribution in [0, 0.1) is 0 Å². The van der Waals surface area contributed by atoms with Crippen molar-refractivity contribution >= 4 is 22.5 Å². The number of rotatable bonds is 6. The van der Waals surface area contributed by atoms with E-state index in [4.69, 9.17) is 21.1 Å². The SMILES string of the molecule is CCCc1cc(OCc2ccc(OC)cc2)c2cccc(Cl)c2n1. The Morgan fingerprint density at radius 2 is 1.88 bits per heavy atom. The quantitative estimate of drug-likeness (QED) is 0.599. The summed E-state index contributed by atoms with van der Waals surface area (Å²) in [4.78, 5) is 4.67. The highest BCUT2D eigenvalue weighted by atomic mass is 35.5. The Hall–Kier alpha value is -2.26. The van der Waals surface area contributed by atoms with E-state index in [1.165, 1.54) is 0 Å². The van der Waals surface area contributed by atoms with Gasteiger partial charge >= 0.3 is 0 Å². The van der Waals surface area contributed by atoms with Gasteiger partial charge in [0.15, 0.2) is 0 Å². The molecule has 0 unspecified atom stereocenters. The Morgan fingerprint density at radius 1 is 1.08 bits per heavy atom. The summed E-state index contributed by atoms with van der Waals surface area (Å²) in [7, 11) is 1.66. The summed E-state index contributed by atoms with van der Waals surface area (Å²) in [6.45, 7) is 2.62. The van der Waals surface area contributed by atoms with Gasteiger partial charge in [0.25, 0.3) is 0 Å². The summed E-state index contributed by atoms with van der Waals surface area (Å²) < 4.78 is 11.3. The van der Waals surface area contributed by atoms with Gasteiger partial charge in [-0.15, -0.1) is 0 Å². The third-order valence-corrected chi connectivity index (χ3v) is 4.17. The number of ether oxygens (including phenoxy) is 2. The highest BCUT2D eigenvalue weighted by Crippen LogP contribution is 2.31. The van der Waals surface area contributed by atoms with Crippen molar-refractivity contribution in [3.8, 4) is 11.5 Å². The van der Waals surface area contributed by atoms with E-state index < -0.39 is 0 Å². The fraction of sp³-hybridized carbons (Fsp3) is 0.250. The Morgan fingerprint density at radius 3 is 2.58 bits per heavy atom. The fourth-order valence-electron chi connectivity index (χ4n) is 2.62. The Balaban J connectivity index is 1.90. The molecule has 1 heterocycles. The smallest absolute Gasteiger partial charge is 0.131 e. The third kappa shape index (κ3) is 3.62. The van der Waals surface area contributed by atoms with E-state index in [0.717, 1.165) is 46.5 Å². The molecule has 1 aromatic heterocycles. The van der Waals surface area contributed by atoms with Gasteiger partial charge in [-0.1, -0.05) is 43.1 Å². The second kappa shape index (κ2) is 7.54. The first kappa shape index (κ1) is 16.6. The Bertz CT molecular complexity index is 831. The van der Waals surface area contributed by atoms with Gasteiger partial charge < -0.3 is 9.47 Å². The molecule has 0 atom stereocenters. The molecule has 0 aliphatic heterocycles. The summed E-state index contributed by atoms with van der Waals surface area (Å²) in [6, 6.07) is 15.7. The minimum Gasteiger partial charge on any atom is -0.497 e. The molecule has 0 aliphatic rings. The number of aromatic nitrogens is 1. The van der Waals surface area contributed by atoms with Crippen molar-refractivity contribution in [1.82, 2.24) is 4.98 Å². The first-order valence-electron chi connectivity index (χ1n) is 8.05. The molecule has 2 aromatic carbocycles. The van der Waals surface area contributed by atoms with Crippen molar-refractivity contribution in [1.29, 1.82) is 0 Å². The first-order chi connectivity index (χ1) is 11.7. The van der Waals surface area contributed by atoms with Crippen molar-refractivity contribution in [2.75, 3.05) is 7.11 Å². The van der Waals surface area contributed by atoms with Crippen molar-refractivity contribution in [2.45, 2.75) is 26.4 Å². The maximum absolute atomic E-state index is 6.32. The molecule has 3 nitrogen and oxygen atoms in total. The monoisotopic (exact) mass is 341 g/mol. The van der Waals surface area contributed by atoms with Crippen LogP contribution < -0.4 is 9.47 Å². The minimum absolute atomic E-state index is 0.487. The lowest BCUT2D eigenvalue weighted by molar-refractivity contribution is 0.309. The van der Waals surface area contributed by atoms with Gasteiger partial charge in [0.2, 0.25) is 0 Å². The summed E-state index contributed by atoms with van der Waals surface area (Å²) in [5.41, 5.74) is 2.89. The molecule has 124 valence electrons. The van der Waals surface area contributed by atoms with E-state index in [0.29, 0.717) is 11.6 Å². The molecule has 0 N–H and O–H groups in total. The van der Waals surface area contributed by atoms with E-state index in [1.54, 1.807) is 7.11 Å². The van der Waals surface area contributed by atoms with Crippen LogP contribution in [0.3, 0.4) is 0 Å². The number of para-hydroxylation sites is 1. The Labute approximate surface area is 147 Å². The Kier molecular flexibility index (Phi) is 5.21. The van der Waals surface area contributed by atoms with Gasteiger partial charge in [0.1, 0.15) is 18.1 Å². The molecule has 0 aliphatic carbocycles. The number of nitrogens with zero attached hydrogens (tertiary/aromatic N) is 1. The lowest BCUT2D eigenvalue weighted by Gasteiger charge is -2.12. The molecule has 0 amide bonds. The standard InChI is InChI=1S/C20H20ClNO2/c1-3-5-15-12-19(17-6-4-7-18(21)20(17)22-15)24-13-14-8-10-16(23-2)11-9-14/h4,6-12H,3,5,13H2,1-2H3. The van der Waals surface area contributed by atoms with Crippen LogP contribution in [0.15, 0.2) is 48.5 Å². The molecule has 0 saturated heterocycles. The largest absolute Gasteiger partial charge is 0.497 e. The van der Waals surface area contributed by atoms with E-state index in [2.05, 4.69) is 11.9 Å². The van der Waals surface area contributed by atoms with Crippen molar-refractivity contribution in [2.24, 2.45) is 0 Å². The van der Waals surface area contributed by atoms with Crippen LogP contribution in [0.2, 0.25) is 5.02 Å². The number of pyridine rings is 1. The van der Waals surface area contributed by atoms with Crippen molar-refractivity contribution in [3.05, 3.63) is 64.8 Å². The molecule has 0 bridgehead atoms. The van der Waals surface area contributed by atoms with E-state index in [9.17, 15) is 0 Å². The van der Waals surface area contributed by atoms with Crippen LogP contribution in [0.25, 0.3) is 10.9 Å². The van der Waals surface area contributed by atoms with Crippen molar-refractivity contribution in [3.63, 3.8) is 0 Å². The number of halogens is 1. The number of fused-ring (bicyclic) bond motifs is 1. The van der Waals surface area contributed by atoms with Crippen LogP contribution in [0.4, 0.5) is 0 Å². The summed E-state index contributed by atoms with van der Waals surface area (Å²) in [5.74, 6) is 1.66. The molecule has 0 saturated carbocycles. The second-order valence-corrected chi connectivity index (χ2v) is 6.04. The minimum atomic E-state index is 0.487.